The first-order valence-electron chi connectivity index (χ1n) is 7.85. The van der Waals surface area contributed by atoms with Crippen molar-refractivity contribution in [2.45, 2.75) is 19.3 Å². The Labute approximate surface area is 141 Å². The molecule has 5 heteroatoms. The number of nitrogens with one attached hydrogen (secondary N) is 1. The van der Waals surface area contributed by atoms with E-state index >= 15 is 0 Å². The molecule has 0 fully saturated rings. The molecule has 24 heavy (non-hydrogen) atoms. The first-order valence-corrected chi connectivity index (χ1v) is 7.85. The highest BCUT2D eigenvalue weighted by Crippen LogP contribution is 2.31. The van der Waals surface area contributed by atoms with E-state index in [0.717, 1.165) is 11.1 Å². The maximum Gasteiger partial charge on any atom is 0.220 e. The molecule has 0 unspecified atom stereocenters. The molecule has 0 atom stereocenters. The van der Waals surface area contributed by atoms with Crippen molar-refractivity contribution in [2.24, 2.45) is 0 Å². The molecule has 0 aliphatic heterocycles. The molecule has 1 N–H and O–H groups in total. The zero-order valence-electron chi connectivity index (χ0n) is 14.0. The van der Waals surface area contributed by atoms with E-state index in [-0.39, 0.29) is 11.7 Å². The molecule has 0 aliphatic carbocycles. The maximum absolute atomic E-state index is 12.8. The van der Waals surface area contributed by atoms with Crippen LogP contribution in [-0.2, 0) is 17.6 Å². The van der Waals surface area contributed by atoms with E-state index in [0.29, 0.717) is 37.3 Å². The Hall–Kier alpha value is -2.56. The molecule has 128 valence electrons. The zero-order chi connectivity index (χ0) is 17.4. The van der Waals surface area contributed by atoms with Crippen LogP contribution in [0.5, 0.6) is 11.5 Å². The number of hydrogen-bond acceptors (Lipinski definition) is 3. The van der Waals surface area contributed by atoms with Crippen LogP contribution >= 0.6 is 0 Å². The highest BCUT2D eigenvalue weighted by Gasteiger charge is 2.11. The minimum absolute atomic E-state index is 0.0259. The van der Waals surface area contributed by atoms with Crippen molar-refractivity contribution in [1.82, 2.24) is 5.32 Å². The van der Waals surface area contributed by atoms with Gasteiger partial charge in [-0.15, -0.1) is 0 Å². The van der Waals surface area contributed by atoms with Crippen LogP contribution in [-0.4, -0.2) is 26.7 Å². The monoisotopic (exact) mass is 331 g/mol. The Bertz CT molecular complexity index is 671. The summed E-state index contributed by atoms with van der Waals surface area (Å²) in [5, 5.41) is 2.88. The summed E-state index contributed by atoms with van der Waals surface area (Å²) < 4.78 is 23.4. The van der Waals surface area contributed by atoms with E-state index in [2.05, 4.69) is 5.32 Å². The molecular weight excluding hydrogens is 309 g/mol. The van der Waals surface area contributed by atoms with Crippen LogP contribution in [0.4, 0.5) is 4.39 Å². The van der Waals surface area contributed by atoms with Gasteiger partial charge in [0.25, 0.3) is 0 Å². The molecule has 4 nitrogen and oxygen atoms in total. The number of benzene rings is 2. The van der Waals surface area contributed by atoms with Crippen LogP contribution in [0.15, 0.2) is 42.5 Å². The van der Waals surface area contributed by atoms with Crippen molar-refractivity contribution < 1.29 is 18.7 Å². The van der Waals surface area contributed by atoms with Crippen LogP contribution < -0.4 is 14.8 Å². The van der Waals surface area contributed by atoms with Gasteiger partial charge in [-0.05, 0) is 42.2 Å². The van der Waals surface area contributed by atoms with Gasteiger partial charge in [0.05, 0.1) is 14.2 Å². The van der Waals surface area contributed by atoms with Crippen LogP contribution in [0.1, 0.15) is 17.5 Å². The van der Waals surface area contributed by atoms with E-state index in [4.69, 9.17) is 9.47 Å². The van der Waals surface area contributed by atoms with Crippen molar-refractivity contribution in [2.75, 3.05) is 20.8 Å². The lowest BCUT2D eigenvalue weighted by Gasteiger charge is -2.12. The number of amides is 1. The fraction of sp³-hybridized carbons (Fsp3) is 0.316. The van der Waals surface area contributed by atoms with Gasteiger partial charge < -0.3 is 14.8 Å². The Morgan fingerprint density at radius 1 is 1.04 bits per heavy atom. The van der Waals surface area contributed by atoms with Gasteiger partial charge in [-0.25, -0.2) is 4.39 Å². The number of carbonyl (C=O) groups is 1. The summed E-state index contributed by atoms with van der Waals surface area (Å²) in [6, 6.07) is 11.9. The SMILES string of the molecule is COc1cccc(CCC(=O)NCCc2ccc(F)cc2)c1OC. The maximum atomic E-state index is 12.8. The van der Waals surface area contributed by atoms with Gasteiger partial charge in [-0.2, -0.15) is 0 Å². The quantitative estimate of drug-likeness (QED) is 0.808. The third-order valence-electron chi connectivity index (χ3n) is 3.75. The highest BCUT2D eigenvalue weighted by molar-refractivity contribution is 5.76. The molecule has 2 aromatic rings. The van der Waals surface area contributed by atoms with Gasteiger partial charge in [0.1, 0.15) is 5.82 Å². The van der Waals surface area contributed by atoms with Crippen molar-refractivity contribution in [3.05, 3.63) is 59.4 Å². The van der Waals surface area contributed by atoms with E-state index in [1.807, 2.05) is 18.2 Å². The van der Waals surface area contributed by atoms with Crippen LogP contribution in [0, 0.1) is 5.82 Å². The van der Waals surface area contributed by atoms with Crippen LogP contribution in [0.25, 0.3) is 0 Å². The predicted octanol–water partition coefficient (Wildman–Crippen LogP) is 3.13. The summed E-state index contributed by atoms with van der Waals surface area (Å²) in [5.74, 6) is 1.04. The second-order valence-corrected chi connectivity index (χ2v) is 5.38. The largest absolute Gasteiger partial charge is 0.493 e. The first kappa shape index (κ1) is 17.8. The van der Waals surface area contributed by atoms with Gasteiger partial charge >= 0.3 is 0 Å². The summed E-state index contributed by atoms with van der Waals surface area (Å²) in [6.45, 7) is 0.527. The van der Waals surface area contributed by atoms with Gasteiger partial charge in [0.2, 0.25) is 5.91 Å². The predicted molar refractivity (Wildman–Crippen MR) is 91.0 cm³/mol. The molecule has 0 heterocycles. The van der Waals surface area contributed by atoms with E-state index in [9.17, 15) is 9.18 Å². The van der Waals surface area contributed by atoms with Crippen molar-refractivity contribution in [1.29, 1.82) is 0 Å². The fourth-order valence-electron chi connectivity index (χ4n) is 2.48. The summed E-state index contributed by atoms with van der Waals surface area (Å²) in [4.78, 5) is 12.0. The number of carbonyl (C=O) groups excluding carboxylic acids is 1. The number of methoxy groups -OCH3 is 2. The molecule has 0 saturated heterocycles. The molecule has 2 rings (SSSR count). The number of para-hydroxylation sites is 1. The molecule has 0 spiro atoms. The molecule has 0 radical (unpaired) electrons. The molecule has 2 aromatic carbocycles. The molecule has 0 bridgehead atoms. The number of rotatable bonds is 8. The highest BCUT2D eigenvalue weighted by atomic mass is 19.1. The Morgan fingerprint density at radius 3 is 2.46 bits per heavy atom. The topological polar surface area (TPSA) is 47.6 Å². The third-order valence-corrected chi connectivity index (χ3v) is 3.75. The van der Waals surface area contributed by atoms with Gasteiger partial charge in [0, 0.05) is 13.0 Å². The van der Waals surface area contributed by atoms with Crippen LogP contribution in [0.3, 0.4) is 0 Å². The van der Waals surface area contributed by atoms with Crippen molar-refractivity contribution in [3.63, 3.8) is 0 Å². The van der Waals surface area contributed by atoms with E-state index in [1.165, 1.54) is 12.1 Å². The van der Waals surface area contributed by atoms with E-state index < -0.39 is 0 Å². The molecule has 0 saturated carbocycles. The summed E-state index contributed by atoms with van der Waals surface area (Å²) in [5.41, 5.74) is 1.93. The molecule has 0 aromatic heterocycles. The van der Waals surface area contributed by atoms with Crippen molar-refractivity contribution >= 4 is 5.91 Å². The normalized spacial score (nSPS) is 10.3. The van der Waals surface area contributed by atoms with Gasteiger partial charge in [-0.3, -0.25) is 4.79 Å². The Kier molecular flexibility index (Phi) is 6.61. The average Bonchev–Trinajstić information content (AvgIpc) is 2.61. The Balaban J connectivity index is 1.80. The Morgan fingerprint density at radius 2 is 1.79 bits per heavy atom. The minimum Gasteiger partial charge on any atom is -0.493 e. The summed E-state index contributed by atoms with van der Waals surface area (Å²) in [6.07, 6.45) is 1.62. The lowest BCUT2D eigenvalue weighted by molar-refractivity contribution is -0.121. The van der Waals surface area contributed by atoms with Crippen LogP contribution in [0.2, 0.25) is 0 Å². The lowest BCUT2D eigenvalue weighted by atomic mass is 10.1. The lowest BCUT2D eigenvalue weighted by Crippen LogP contribution is -2.25. The minimum atomic E-state index is -0.255. The second-order valence-electron chi connectivity index (χ2n) is 5.38. The summed E-state index contributed by atoms with van der Waals surface area (Å²) in [7, 11) is 3.17. The van der Waals surface area contributed by atoms with E-state index in [1.54, 1.807) is 26.4 Å². The molecule has 1 amide bonds. The second kappa shape index (κ2) is 8.91. The van der Waals surface area contributed by atoms with Gasteiger partial charge in [-0.1, -0.05) is 24.3 Å². The smallest absolute Gasteiger partial charge is 0.220 e. The van der Waals surface area contributed by atoms with Gasteiger partial charge in [0.15, 0.2) is 11.5 Å². The first-order chi connectivity index (χ1) is 11.6. The molecular formula is C19H22FNO3. The standard InChI is InChI=1S/C19H22FNO3/c1-23-17-5-3-4-15(19(17)24-2)8-11-18(22)21-13-12-14-6-9-16(20)10-7-14/h3-7,9-10H,8,11-13H2,1-2H3,(H,21,22). The zero-order valence-corrected chi connectivity index (χ0v) is 14.0. The number of ether oxygens (including phenoxy) is 2. The average molecular weight is 331 g/mol. The summed E-state index contributed by atoms with van der Waals surface area (Å²) >= 11 is 0. The third kappa shape index (κ3) is 4.98. The fourth-order valence-corrected chi connectivity index (χ4v) is 2.48. The number of aryl methyl sites for hydroxylation is 1. The number of hydrogen-bond donors (Lipinski definition) is 1. The molecule has 0 aliphatic rings. The van der Waals surface area contributed by atoms with Crippen molar-refractivity contribution in [3.8, 4) is 11.5 Å². The number of halogens is 1.